The SMILES string of the molecule is Nc1c(Br)cc(Br)cc1CN1CCCC1C(=O)O. The molecule has 1 aliphatic heterocycles. The molecular weight excluding hydrogens is 364 g/mol. The van der Waals surface area contributed by atoms with Crippen LogP contribution in [0, 0.1) is 0 Å². The number of rotatable bonds is 3. The Balaban J connectivity index is 2.21. The molecular formula is C12H14Br2N2O2. The largest absolute Gasteiger partial charge is 0.480 e. The van der Waals surface area contributed by atoms with Crippen molar-refractivity contribution in [3.63, 3.8) is 0 Å². The van der Waals surface area contributed by atoms with E-state index in [-0.39, 0.29) is 6.04 Å². The first-order valence-corrected chi connectivity index (χ1v) is 7.28. The molecule has 1 saturated heterocycles. The van der Waals surface area contributed by atoms with Crippen molar-refractivity contribution in [1.82, 2.24) is 4.90 Å². The van der Waals surface area contributed by atoms with Crippen molar-refractivity contribution in [2.75, 3.05) is 12.3 Å². The van der Waals surface area contributed by atoms with Crippen LogP contribution in [-0.4, -0.2) is 28.6 Å². The van der Waals surface area contributed by atoms with Crippen molar-refractivity contribution in [2.45, 2.75) is 25.4 Å². The minimum absolute atomic E-state index is 0.387. The molecule has 1 aromatic rings. The van der Waals surface area contributed by atoms with Crippen LogP contribution in [0.25, 0.3) is 0 Å². The Morgan fingerprint density at radius 1 is 1.50 bits per heavy atom. The van der Waals surface area contributed by atoms with Crippen LogP contribution in [0.1, 0.15) is 18.4 Å². The van der Waals surface area contributed by atoms with E-state index in [1.54, 1.807) is 0 Å². The molecule has 1 fully saturated rings. The van der Waals surface area contributed by atoms with E-state index in [1.807, 2.05) is 17.0 Å². The Morgan fingerprint density at radius 2 is 2.22 bits per heavy atom. The third kappa shape index (κ3) is 2.87. The Morgan fingerprint density at radius 3 is 2.89 bits per heavy atom. The normalized spacial score (nSPS) is 20.2. The summed E-state index contributed by atoms with van der Waals surface area (Å²) in [6.45, 7) is 1.38. The number of aliphatic carboxylic acids is 1. The minimum atomic E-state index is -0.750. The molecule has 1 aliphatic rings. The zero-order chi connectivity index (χ0) is 13.3. The molecule has 4 nitrogen and oxygen atoms in total. The zero-order valence-corrected chi connectivity index (χ0v) is 12.9. The monoisotopic (exact) mass is 376 g/mol. The van der Waals surface area contributed by atoms with Gasteiger partial charge in [0, 0.05) is 15.5 Å². The van der Waals surface area contributed by atoms with Gasteiger partial charge >= 0.3 is 5.97 Å². The predicted octanol–water partition coefficient (Wildman–Crippen LogP) is 2.84. The number of anilines is 1. The van der Waals surface area contributed by atoms with Crippen molar-refractivity contribution in [2.24, 2.45) is 0 Å². The third-order valence-electron chi connectivity index (χ3n) is 3.20. The number of hydrogen-bond donors (Lipinski definition) is 2. The highest BCUT2D eigenvalue weighted by molar-refractivity contribution is 9.11. The van der Waals surface area contributed by atoms with E-state index in [4.69, 9.17) is 10.8 Å². The van der Waals surface area contributed by atoms with Crippen LogP contribution in [0.5, 0.6) is 0 Å². The van der Waals surface area contributed by atoms with Gasteiger partial charge in [-0.05, 0) is 53.0 Å². The van der Waals surface area contributed by atoms with E-state index in [1.165, 1.54) is 0 Å². The van der Waals surface area contributed by atoms with Crippen molar-refractivity contribution < 1.29 is 9.90 Å². The maximum absolute atomic E-state index is 11.1. The number of hydrogen-bond acceptors (Lipinski definition) is 3. The lowest BCUT2D eigenvalue weighted by Gasteiger charge is -2.22. The topological polar surface area (TPSA) is 66.6 Å². The smallest absolute Gasteiger partial charge is 0.320 e. The molecule has 98 valence electrons. The Kier molecular flexibility index (Phi) is 4.29. The van der Waals surface area contributed by atoms with Crippen LogP contribution in [-0.2, 0) is 11.3 Å². The summed E-state index contributed by atoms with van der Waals surface area (Å²) >= 11 is 6.82. The fourth-order valence-electron chi connectivity index (χ4n) is 2.28. The lowest BCUT2D eigenvalue weighted by molar-refractivity contribution is -0.142. The molecule has 0 spiro atoms. The minimum Gasteiger partial charge on any atom is -0.480 e. The molecule has 1 aromatic carbocycles. The molecule has 0 radical (unpaired) electrons. The highest BCUT2D eigenvalue weighted by Gasteiger charge is 2.30. The van der Waals surface area contributed by atoms with Crippen molar-refractivity contribution in [3.05, 3.63) is 26.6 Å². The summed E-state index contributed by atoms with van der Waals surface area (Å²) in [5, 5.41) is 9.15. The second-order valence-corrected chi connectivity index (χ2v) is 6.20. The Labute approximate surface area is 122 Å². The molecule has 0 aliphatic carbocycles. The third-order valence-corrected chi connectivity index (χ3v) is 4.32. The van der Waals surface area contributed by atoms with Crippen molar-refractivity contribution >= 4 is 43.5 Å². The highest BCUT2D eigenvalue weighted by atomic mass is 79.9. The van der Waals surface area contributed by atoms with Gasteiger partial charge in [0.25, 0.3) is 0 Å². The molecule has 1 unspecified atom stereocenters. The number of carboxylic acid groups (broad SMARTS) is 1. The Bertz CT molecular complexity index is 479. The summed E-state index contributed by atoms with van der Waals surface area (Å²) in [5.41, 5.74) is 7.63. The standard InChI is InChI=1S/C12H14Br2N2O2/c13-8-4-7(11(15)9(14)5-8)6-16-3-1-2-10(16)12(17)18/h4-5,10H,1-3,6,15H2,(H,17,18). The number of nitrogen functional groups attached to an aromatic ring is 1. The van der Waals surface area contributed by atoms with Gasteiger partial charge in [0.15, 0.2) is 0 Å². The maximum Gasteiger partial charge on any atom is 0.320 e. The number of carboxylic acids is 1. The van der Waals surface area contributed by atoms with E-state index >= 15 is 0 Å². The van der Waals surface area contributed by atoms with Crippen LogP contribution in [0.4, 0.5) is 5.69 Å². The Hall–Kier alpha value is -0.590. The summed E-state index contributed by atoms with van der Waals surface area (Å²) in [5.74, 6) is -0.750. The van der Waals surface area contributed by atoms with Gasteiger partial charge in [-0.3, -0.25) is 9.69 Å². The molecule has 1 atom stereocenters. The summed E-state index contributed by atoms with van der Waals surface area (Å²) in [6, 6.07) is 3.44. The molecule has 0 saturated carbocycles. The maximum atomic E-state index is 11.1. The van der Waals surface area contributed by atoms with E-state index in [0.29, 0.717) is 18.7 Å². The molecule has 6 heteroatoms. The number of likely N-dealkylation sites (tertiary alicyclic amines) is 1. The molecule has 2 rings (SSSR count). The van der Waals surface area contributed by atoms with Crippen LogP contribution >= 0.6 is 31.9 Å². The van der Waals surface area contributed by atoms with Gasteiger partial charge in [-0.15, -0.1) is 0 Å². The lowest BCUT2D eigenvalue weighted by Crippen LogP contribution is -2.35. The van der Waals surface area contributed by atoms with Crippen molar-refractivity contribution in [1.29, 1.82) is 0 Å². The van der Waals surface area contributed by atoms with Gasteiger partial charge < -0.3 is 10.8 Å². The first-order valence-electron chi connectivity index (χ1n) is 5.69. The summed E-state index contributed by atoms with van der Waals surface area (Å²) in [6.07, 6.45) is 1.64. The summed E-state index contributed by atoms with van der Waals surface area (Å²) in [7, 11) is 0. The van der Waals surface area contributed by atoms with E-state index < -0.39 is 5.97 Å². The number of nitrogens with two attached hydrogens (primary N) is 1. The summed E-state index contributed by atoms with van der Waals surface area (Å²) < 4.78 is 1.77. The molecule has 18 heavy (non-hydrogen) atoms. The first kappa shape index (κ1) is 13.8. The second kappa shape index (κ2) is 5.59. The fraction of sp³-hybridized carbons (Fsp3) is 0.417. The molecule has 0 amide bonds. The summed E-state index contributed by atoms with van der Waals surface area (Å²) in [4.78, 5) is 13.1. The van der Waals surface area contributed by atoms with E-state index in [2.05, 4.69) is 31.9 Å². The highest BCUT2D eigenvalue weighted by Crippen LogP contribution is 2.30. The molecule has 3 N–H and O–H groups in total. The van der Waals surface area contributed by atoms with Gasteiger partial charge in [-0.1, -0.05) is 15.9 Å². The van der Waals surface area contributed by atoms with Crippen LogP contribution in [0.3, 0.4) is 0 Å². The second-order valence-electron chi connectivity index (χ2n) is 4.43. The van der Waals surface area contributed by atoms with Gasteiger partial charge in [-0.25, -0.2) is 0 Å². The van der Waals surface area contributed by atoms with Crippen LogP contribution < -0.4 is 5.73 Å². The number of nitrogens with zero attached hydrogens (tertiary/aromatic N) is 1. The average molecular weight is 378 g/mol. The zero-order valence-electron chi connectivity index (χ0n) is 9.70. The van der Waals surface area contributed by atoms with Crippen LogP contribution in [0.2, 0.25) is 0 Å². The lowest BCUT2D eigenvalue weighted by atomic mass is 10.1. The number of benzene rings is 1. The fourth-order valence-corrected chi connectivity index (χ4v) is 3.60. The first-order chi connectivity index (χ1) is 8.49. The molecule has 0 aromatic heterocycles. The van der Waals surface area contributed by atoms with Gasteiger partial charge in [0.2, 0.25) is 0 Å². The van der Waals surface area contributed by atoms with Gasteiger partial charge in [-0.2, -0.15) is 0 Å². The number of carbonyl (C=O) groups is 1. The van der Waals surface area contributed by atoms with Gasteiger partial charge in [0.05, 0.1) is 5.69 Å². The van der Waals surface area contributed by atoms with E-state index in [9.17, 15) is 4.79 Å². The average Bonchev–Trinajstić information content (AvgIpc) is 2.73. The predicted molar refractivity (Wildman–Crippen MR) is 77.3 cm³/mol. The van der Waals surface area contributed by atoms with Crippen LogP contribution in [0.15, 0.2) is 21.1 Å². The van der Waals surface area contributed by atoms with E-state index in [0.717, 1.165) is 27.5 Å². The molecule has 0 bridgehead atoms. The quantitative estimate of drug-likeness (QED) is 0.795. The molecule has 1 heterocycles. The van der Waals surface area contributed by atoms with Crippen molar-refractivity contribution in [3.8, 4) is 0 Å². The number of halogens is 2. The van der Waals surface area contributed by atoms with Gasteiger partial charge in [0.1, 0.15) is 6.04 Å².